The van der Waals surface area contributed by atoms with Crippen molar-refractivity contribution in [2.75, 3.05) is 39.8 Å². The monoisotopic (exact) mass is 332 g/mol. The molecule has 0 unspecified atom stereocenters. The Hall–Kier alpha value is -2.03. The Balaban J connectivity index is 1.84. The van der Waals surface area contributed by atoms with Crippen molar-refractivity contribution < 1.29 is 4.79 Å². The molecule has 1 aromatic carbocycles. The second-order valence-electron chi connectivity index (χ2n) is 5.60. The van der Waals surface area contributed by atoms with Crippen molar-refractivity contribution in [3.63, 3.8) is 0 Å². The van der Waals surface area contributed by atoms with E-state index in [1.54, 1.807) is 4.90 Å². The molecule has 1 fully saturated rings. The predicted octanol–water partition coefficient (Wildman–Crippen LogP) is 1.65. The van der Waals surface area contributed by atoms with E-state index in [2.05, 4.69) is 10.2 Å². The quantitative estimate of drug-likeness (QED) is 0.506. The summed E-state index contributed by atoms with van der Waals surface area (Å²) in [6.07, 6.45) is 2.30. The Bertz CT molecular complexity index is 615. The molecule has 1 N–H and O–H groups in total. The summed E-state index contributed by atoms with van der Waals surface area (Å²) in [7, 11) is 2.03. The van der Waals surface area contributed by atoms with Gasteiger partial charge in [-0.05, 0) is 31.2 Å². The third-order valence-corrected chi connectivity index (χ3v) is 4.07. The second kappa shape index (κ2) is 8.56. The van der Waals surface area contributed by atoms with Crippen LogP contribution < -0.4 is 5.32 Å². The van der Waals surface area contributed by atoms with Gasteiger partial charge >= 0.3 is 0 Å². The van der Waals surface area contributed by atoms with Crippen molar-refractivity contribution in [1.82, 2.24) is 15.1 Å². The Kier molecular flexibility index (Phi) is 6.45. The standard InChI is InChI=1S/C17H21ClN4O/c1-21-7-9-22(10-8-21)17(23)15(12-19)13-20-6-5-14-3-2-4-16(18)11-14/h2-4,11,13,20H,5-10H2,1H3/b15-13-. The van der Waals surface area contributed by atoms with Gasteiger partial charge in [0.05, 0.1) is 0 Å². The fraction of sp³-hybridized carbons (Fsp3) is 0.412. The third kappa shape index (κ3) is 5.27. The molecule has 0 saturated carbocycles. The van der Waals surface area contributed by atoms with Crippen LogP contribution in [-0.4, -0.2) is 55.5 Å². The molecular formula is C17H21ClN4O. The van der Waals surface area contributed by atoms with E-state index in [-0.39, 0.29) is 11.5 Å². The molecule has 1 aliphatic rings. The van der Waals surface area contributed by atoms with Gasteiger partial charge in [-0.15, -0.1) is 0 Å². The first-order chi connectivity index (χ1) is 11.1. The number of nitrogens with zero attached hydrogens (tertiary/aromatic N) is 3. The van der Waals surface area contributed by atoms with Gasteiger partial charge in [-0.2, -0.15) is 5.26 Å². The third-order valence-electron chi connectivity index (χ3n) is 3.83. The van der Waals surface area contributed by atoms with Crippen LogP contribution in [0.2, 0.25) is 5.02 Å². The number of likely N-dealkylation sites (N-methyl/N-ethyl adjacent to an activating group) is 1. The van der Waals surface area contributed by atoms with Crippen molar-refractivity contribution in [1.29, 1.82) is 5.26 Å². The first-order valence-electron chi connectivity index (χ1n) is 7.66. The van der Waals surface area contributed by atoms with Crippen LogP contribution in [0.4, 0.5) is 0 Å². The fourth-order valence-electron chi connectivity index (χ4n) is 2.40. The van der Waals surface area contributed by atoms with Gasteiger partial charge in [0.25, 0.3) is 5.91 Å². The number of rotatable bonds is 5. The summed E-state index contributed by atoms with van der Waals surface area (Å²) in [5, 5.41) is 13.0. The van der Waals surface area contributed by atoms with E-state index in [0.29, 0.717) is 24.7 Å². The molecule has 0 bridgehead atoms. The highest BCUT2D eigenvalue weighted by Gasteiger charge is 2.21. The first kappa shape index (κ1) is 17.3. The van der Waals surface area contributed by atoms with Crippen LogP contribution in [0, 0.1) is 11.3 Å². The number of piperazine rings is 1. The van der Waals surface area contributed by atoms with Gasteiger partial charge in [0.15, 0.2) is 0 Å². The molecule has 1 aromatic rings. The zero-order valence-electron chi connectivity index (χ0n) is 13.3. The second-order valence-corrected chi connectivity index (χ2v) is 6.04. The molecule has 122 valence electrons. The molecule has 0 aromatic heterocycles. The summed E-state index contributed by atoms with van der Waals surface area (Å²) in [6.45, 7) is 3.65. The Morgan fingerprint density at radius 2 is 2.13 bits per heavy atom. The van der Waals surface area contributed by atoms with Crippen molar-refractivity contribution in [2.24, 2.45) is 0 Å². The van der Waals surface area contributed by atoms with Gasteiger partial charge in [-0.3, -0.25) is 4.79 Å². The maximum atomic E-state index is 12.3. The van der Waals surface area contributed by atoms with Gasteiger partial charge in [-0.25, -0.2) is 0 Å². The molecule has 0 radical (unpaired) electrons. The van der Waals surface area contributed by atoms with E-state index < -0.39 is 0 Å². The summed E-state index contributed by atoms with van der Waals surface area (Å²) in [6, 6.07) is 9.64. The highest BCUT2D eigenvalue weighted by Crippen LogP contribution is 2.10. The average molecular weight is 333 g/mol. The lowest BCUT2D eigenvalue weighted by Gasteiger charge is -2.32. The lowest BCUT2D eigenvalue weighted by molar-refractivity contribution is -0.128. The SMILES string of the molecule is CN1CCN(C(=O)/C(C#N)=C\NCCc2cccc(Cl)c2)CC1. The molecule has 2 rings (SSSR count). The van der Waals surface area contributed by atoms with Crippen molar-refractivity contribution in [2.45, 2.75) is 6.42 Å². The molecule has 1 aliphatic heterocycles. The summed E-state index contributed by atoms with van der Waals surface area (Å²) in [5.74, 6) is -0.198. The van der Waals surface area contributed by atoms with E-state index in [4.69, 9.17) is 11.6 Å². The van der Waals surface area contributed by atoms with Gasteiger partial charge in [-0.1, -0.05) is 23.7 Å². The van der Waals surface area contributed by atoms with Crippen LogP contribution in [0.1, 0.15) is 5.56 Å². The van der Waals surface area contributed by atoms with Crippen LogP contribution in [0.3, 0.4) is 0 Å². The van der Waals surface area contributed by atoms with Crippen molar-refractivity contribution >= 4 is 17.5 Å². The van der Waals surface area contributed by atoms with Gasteiger partial charge < -0.3 is 15.1 Å². The number of carbonyl (C=O) groups excluding carboxylic acids is 1. The number of nitriles is 1. The number of carbonyl (C=O) groups is 1. The summed E-state index contributed by atoms with van der Waals surface area (Å²) >= 11 is 5.94. The normalized spacial score (nSPS) is 16.0. The first-order valence-corrected chi connectivity index (χ1v) is 8.04. The molecule has 1 saturated heterocycles. The van der Waals surface area contributed by atoms with Crippen LogP contribution in [0.15, 0.2) is 36.0 Å². The lowest BCUT2D eigenvalue weighted by Crippen LogP contribution is -2.47. The molecule has 1 amide bonds. The molecule has 0 spiro atoms. The predicted molar refractivity (Wildman–Crippen MR) is 90.9 cm³/mol. The topological polar surface area (TPSA) is 59.4 Å². The number of hydrogen-bond acceptors (Lipinski definition) is 4. The number of halogens is 1. The van der Waals surface area contributed by atoms with Crippen LogP contribution >= 0.6 is 11.6 Å². The lowest BCUT2D eigenvalue weighted by atomic mass is 10.1. The van der Waals surface area contributed by atoms with Crippen molar-refractivity contribution in [3.8, 4) is 6.07 Å². The van der Waals surface area contributed by atoms with Gasteiger partial charge in [0.2, 0.25) is 0 Å². The van der Waals surface area contributed by atoms with E-state index in [1.165, 1.54) is 6.20 Å². The Morgan fingerprint density at radius 1 is 1.39 bits per heavy atom. The number of benzene rings is 1. The van der Waals surface area contributed by atoms with E-state index in [0.717, 1.165) is 25.1 Å². The molecule has 0 aliphatic carbocycles. The maximum Gasteiger partial charge on any atom is 0.266 e. The van der Waals surface area contributed by atoms with E-state index in [9.17, 15) is 10.1 Å². The van der Waals surface area contributed by atoms with Crippen LogP contribution in [0.5, 0.6) is 0 Å². The number of amides is 1. The Morgan fingerprint density at radius 3 is 2.78 bits per heavy atom. The minimum Gasteiger partial charge on any atom is -0.389 e. The van der Waals surface area contributed by atoms with Crippen LogP contribution in [-0.2, 0) is 11.2 Å². The smallest absolute Gasteiger partial charge is 0.266 e. The maximum absolute atomic E-state index is 12.3. The van der Waals surface area contributed by atoms with E-state index >= 15 is 0 Å². The fourth-order valence-corrected chi connectivity index (χ4v) is 2.62. The molecular weight excluding hydrogens is 312 g/mol. The zero-order valence-corrected chi connectivity index (χ0v) is 14.0. The number of hydrogen-bond donors (Lipinski definition) is 1. The summed E-state index contributed by atoms with van der Waals surface area (Å²) < 4.78 is 0. The molecule has 6 heteroatoms. The summed E-state index contributed by atoms with van der Waals surface area (Å²) in [5.41, 5.74) is 1.27. The van der Waals surface area contributed by atoms with Gasteiger partial charge in [0, 0.05) is 43.9 Å². The molecule has 23 heavy (non-hydrogen) atoms. The highest BCUT2D eigenvalue weighted by molar-refractivity contribution is 6.30. The number of nitrogens with one attached hydrogen (secondary N) is 1. The highest BCUT2D eigenvalue weighted by atomic mass is 35.5. The molecule has 1 heterocycles. The minimum absolute atomic E-state index is 0.153. The molecule has 0 atom stereocenters. The largest absolute Gasteiger partial charge is 0.389 e. The molecule has 5 nitrogen and oxygen atoms in total. The van der Waals surface area contributed by atoms with Crippen LogP contribution in [0.25, 0.3) is 0 Å². The van der Waals surface area contributed by atoms with Crippen molar-refractivity contribution in [3.05, 3.63) is 46.6 Å². The Labute approximate surface area is 142 Å². The van der Waals surface area contributed by atoms with Gasteiger partial charge in [0.1, 0.15) is 11.6 Å². The summed E-state index contributed by atoms with van der Waals surface area (Å²) in [4.78, 5) is 16.2. The zero-order chi connectivity index (χ0) is 16.7. The minimum atomic E-state index is -0.198. The average Bonchev–Trinajstić information content (AvgIpc) is 2.55. The van der Waals surface area contributed by atoms with E-state index in [1.807, 2.05) is 37.4 Å².